The molecular formula is C20H23N5O5. The fourth-order valence-corrected chi connectivity index (χ4v) is 3.37. The van der Waals surface area contributed by atoms with Crippen molar-refractivity contribution in [3.8, 4) is 0 Å². The van der Waals surface area contributed by atoms with Crippen LogP contribution in [0.25, 0.3) is 0 Å². The number of nitrogens with one attached hydrogen (secondary N) is 1. The molecule has 2 heterocycles. The smallest absolute Gasteiger partial charge is 0.358 e. The van der Waals surface area contributed by atoms with Crippen molar-refractivity contribution in [2.75, 3.05) is 13.1 Å². The summed E-state index contributed by atoms with van der Waals surface area (Å²) in [5, 5.41) is 17.3. The van der Waals surface area contributed by atoms with Crippen LogP contribution in [-0.4, -0.2) is 50.4 Å². The second-order valence-corrected chi connectivity index (χ2v) is 7.09. The zero-order chi connectivity index (χ0) is 21.7. The Kier molecular flexibility index (Phi) is 6.55. The van der Waals surface area contributed by atoms with Gasteiger partial charge in [0.25, 0.3) is 11.8 Å². The average molecular weight is 413 g/mol. The fourth-order valence-electron chi connectivity index (χ4n) is 3.37. The van der Waals surface area contributed by atoms with Crippen LogP contribution >= 0.6 is 0 Å². The van der Waals surface area contributed by atoms with Crippen LogP contribution < -0.4 is 5.32 Å². The summed E-state index contributed by atoms with van der Waals surface area (Å²) in [5.74, 6) is -0.850. The molecule has 0 aliphatic carbocycles. The zero-order valence-electron chi connectivity index (χ0n) is 16.7. The number of rotatable bonds is 10. The van der Waals surface area contributed by atoms with Gasteiger partial charge < -0.3 is 15.4 Å². The lowest BCUT2D eigenvalue weighted by Gasteiger charge is -2.13. The van der Waals surface area contributed by atoms with Gasteiger partial charge in [-0.2, -0.15) is 4.68 Å². The number of hydrogen-bond acceptors (Lipinski definition) is 6. The Morgan fingerprint density at radius 2 is 1.77 bits per heavy atom. The predicted molar refractivity (Wildman–Crippen MR) is 107 cm³/mol. The van der Waals surface area contributed by atoms with Crippen molar-refractivity contribution in [1.29, 1.82) is 0 Å². The van der Waals surface area contributed by atoms with Crippen LogP contribution in [0.15, 0.2) is 30.3 Å². The molecule has 1 aromatic carbocycles. The number of hydrogen-bond donors (Lipinski definition) is 1. The summed E-state index contributed by atoms with van der Waals surface area (Å²) in [6.45, 7) is 2.74. The summed E-state index contributed by atoms with van der Waals surface area (Å²) < 4.78 is 1.49. The van der Waals surface area contributed by atoms with E-state index < -0.39 is 4.92 Å². The maximum Gasteiger partial charge on any atom is 0.390 e. The molecule has 0 saturated heterocycles. The first-order chi connectivity index (χ1) is 14.4. The largest absolute Gasteiger partial charge is 0.390 e. The number of aryl methyl sites for hydroxylation is 1. The third-order valence-electron chi connectivity index (χ3n) is 4.96. The third-order valence-corrected chi connectivity index (χ3v) is 4.96. The van der Waals surface area contributed by atoms with Gasteiger partial charge in [0.1, 0.15) is 0 Å². The number of fused-ring (bicyclic) bond motifs is 1. The van der Waals surface area contributed by atoms with E-state index in [1.165, 1.54) is 15.6 Å². The molecule has 0 unspecified atom stereocenters. The molecule has 10 heteroatoms. The summed E-state index contributed by atoms with van der Waals surface area (Å²) in [7, 11) is 0. The molecule has 3 amide bonds. The van der Waals surface area contributed by atoms with Gasteiger partial charge in [-0.05, 0) is 36.8 Å². The van der Waals surface area contributed by atoms with Gasteiger partial charge in [0, 0.05) is 19.5 Å². The van der Waals surface area contributed by atoms with E-state index in [0.717, 1.165) is 0 Å². The van der Waals surface area contributed by atoms with Crippen LogP contribution in [0.3, 0.4) is 0 Å². The van der Waals surface area contributed by atoms with Crippen LogP contribution in [0.4, 0.5) is 5.82 Å². The highest BCUT2D eigenvalue weighted by Crippen LogP contribution is 2.22. The normalized spacial score (nSPS) is 12.9. The molecule has 3 rings (SSSR count). The van der Waals surface area contributed by atoms with Crippen LogP contribution in [0, 0.1) is 17.0 Å². The number of nitro groups is 1. The van der Waals surface area contributed by atoms with Crippen LogP contribution in [-0.2, 0) is 11.3 Å². The topological polar surface area (TPSA) is 127 Å². The Hall–Kier alpha value is -3.56. The number of imide groups is 1. The van der Waals surface area contributed by atoms with Gasteiger partial charge in [0.05, 0.1) is 34.5 Å². The Morgan fingerprint density at radius 1 is 1.10 bits per heavy atom. The first-order valence-electron chi connectivity index (χ1n) is 9.79. The van der Waals surface area contributed by atoms with Gasteiger partial charge in [0.2, 0.25) is 5.91 Å². The molecule has 10 nitrogen and oxygen atoms in total. The van der Waals surface area contributed by atoms with E-state index in [4.69, 9.17) is 0 Å². The van der Waals surface area contributed by atoms with Crippen molar-refractivity contribution in [1.82, 2.24) is 20.0 Å². The molecule has 0 radical (unpaired) electrons. The van der Waals surface area contributed by atoms with Gasteiger partial charge in [-0.15, -0.1) is 0 Å². The minimum atomic E-state index is -0.552. The number of unbranched alkanes of at least 4 members (excludes halogenated alkanes) is 2. The van der Waals surface area contributed by atoms with Crippen molar-refractivity contribution in [2.45, 2.75) is 39.2 Å². The third kappa shape index (κ3) is 4.70. The maximum absolute atomic E-state index is 12.3. The molecule has 30 heavy (non-hydrogen) atoms. The van der Waals surface area contributed by atoms with Gasteiger partial charge in [-0.25, -0.2) is 0 Å². The SMILES string of the molecule is Cc1cc([N+](=O)[O-])nn1CCNC(=O)CCCCCN1C(=O)c2ccccc2C1=O. The zero-order valence-corrected chi connectivity index (χ0v) is 16.7. The number of nitrogens with zero attached hydrogens (tertiary/aromatic N) is 4. The Morgan fingerprint density at radius 3 is 2.37 bits per heavy atom. The van der Waals surface area contributed by atoms with Crippen LogP contribution in [0.5, 0.6) is 0 Å². The van der Waals surface area contributed by atoms with E-state index in [9.17, 15) is 24.5 Å². The van der Waals surface area contributed by atoms with Crippen molar-refractivity contribution in [2.24, 2.45) is 0 Å². The summed E-state index contributed by atoms with van der Waals surface area (Å²) in [4.78, 5) is 47.9. The minimum Gasteiger partial charge on any atom is -0.358 e. The molecule has 158 valence electrons. The molecule has 0 atom stereocenters. The first kappa shape index (κ1) is 21.2. The van der Waals surface area contributed by atoms with Gasteiger partial charge >= 0.3 is 5.82 Å². The van der Waals surface area contributed by atoms with Crippen molar-refractivity contribution in [3.05, 3.63) is 57.3 Å². The summed E-state index contributed by atoms with van der Waals surface area (Å²) in [5.41, 5.74) is 1.54. The van der Waals surface area contributed by atoms with E-state index in [-0.39, 0.29) is 23.5 Å². The fraction of sp³-hybridized carbons (Fsp3) is 0.400. The van der Waals surface area contributed by atoms with Crippen molar-refractivity contribution < 1.29 is 19.3 Å². The summed E-state index contributed by atoms with van der Waals surface area (Å²) >= 11 is 0. The summed E-state index contributed by atoms with van der Waals surface area (Å²) in [6.07, 6.45) is 2.32. The molecule has 1 aliphatic heterocycles. The molecule has 0 spiro atoms. The molecule has 0 saturated carbocycles. The van der Waals surface area contributed by atoms with Crippen molar-refractivity contribution >= 4 is 23.5 Å². The molecule has 1 aromatic heterocycles. The molecule has 2 aromatic rings. The van der Waals surface area contributed by atoms with Crippen molar-refractivity contribution in [3.63, 3.8) is 0 Å². The highest BCUT2D eigenvalue weighted by molar-refractivity contribution is 6.21. The van der Waals surface area contributed by atoms with E-state index in [1.807, 2.05) is 0 Å². The van der Waals surface area contributed by atoms with Crippen LogP contribution in [0.2, 0.25) is 0 Å². The monoisotopic (exact) mass is 413 g/mol. The van der Waals surface area contributed by atoms with E-state index in [2.05, 4.69) is 10.4 Å². The molecular weight excluding hydrogens is 390 g/mol. The van der Waals surface area contributed by atoms with Crippen LogP contribution in [0.1, 0.15) is 52.1 Å². The minimum absolute atomic E-state index is 0.116. The van der Waals surface area contributed by atoms with Gasteiger partial charge in [0.15, 0.2) is 0 Å². The second-order valence-electron chi connectivity index (χ2n) is 7.09. The lowest BCUT2D eigenvalue weighted by Crippen LogP contribution is -2.30. The lowest BCUT2D eigenvalue weighted by atomic mass is 10.1. The number of aromatic nitrogens is 2. The van der Waals surface area contributed by atoms with Gasteiger partial charge in [-0.1, -0.05) is 18.6 Å². The summed E-state index contributed by atoms with van der Waals surface area (Å²) in [6, 6.07) is 8.17. The second kappa shape index (κ2) is 9.29. The number of carbonyl (C=O) groups is 3. The van der Waals surface area contributed by atoms with E-state index in [1.54, 1.807) is 31.2 Å². The highest BCUT2D eigenvalue weighted by Gasteiger charge is 2.34. The number of carbonyl (C=O) groups excluding carboxylic acids is 3. The Labute approximate surface area is 173 Å². The average Bonchev–Trinajstić information content (AvgIpc) is 3.21. The standard InChI is InChI=1S/C20H23N5O5/c1-14-13-17(25(29)30)22-24(14)12-10-21-18(26)9-3-2-6-11-23-19(27)15-7-4-5-8-16(15)20(23)28/h4-5,7-8,13H,2-3,6,9-12H2,1H3,(H,21,26). The molecule has 1 aliphatic rings. The Balaban J connectivity index is 1.32. The quantitative estimate of drug-likeness (QED) is 0.275. The maximum atomic E-state index is 12.3. The first-order valence-corrected chi connectivity index (χ1v) is 9.79. The lowest BCUT2D eigenvalue weighted by molar-refractivity contribution is -0.389. The van der Waals surface area contributed by atoms with E-state index in [0.29, 0.717) is 62.1 Å². The predicted octanol–water partition coefficient (Wildman–Crippen LogP) is 2.07. The number of benzene rings is 1. The van der Waals surface area contributed by atoms with E-state index >= 15 is 0 Å². The number of amides is 3. The molecule has 0 fully saturated rings. The van der Waals surface area contributed by atoms with Gasteiger partial charge in [-0.3, -0.25) is 19.3 Å². The highest BCUT2D eigenvalue weighted by atomic mass is 16.6. The Bertz CT molecular complexity index is 949. The molecule has 0 bridgehead atoms. The molecule has 1 N–H and O–H groups in total.